The summed E-state index contributed by atoms with van der Waals surface area (Å²) >= 11 is 1.72. The predicted molar refractivity (Wildman–Crippen MR) is 104 cm³/mol. The number of carbonyl (C=O) groups is 1. The molecule has 4 heteroatoms. The van der Waals surface area contributed by atoms with Gasteiger partial charge in [0.1, 0.15) is 10.0 Å². The average Bonchev–Trinajstić information content (AvgIpc) is 3.13. The maximum atomic E-state index is 11.4. The minimum atomic E-state index is 0.0974. The number of nitrogens with zero attached hydrogens (tertiary/aromatic N) is 2. The molecule has 0 unspecified atom stereocenters. The Morgan fingerprint density at radius 3 is 2.44 bits per heavy atom. The summed E-state index contributed by atoms with van der Waals surface area (Å²) in [5.74, 6) is 1.61. The molecular formula is C21H28N2OS. The highest BCUT2D eigenvalue weighted by atomic mass is 32.1. The lowest BCUT2D eigenvalue weighted by Crippen LogP contribution is -2.13. The van der Waals surface area contributed by atoms with E-state index in [9.17, 15) is 4.79 Å². The highest BCUT2D eigenvalue weighted by Gasteiger charge is 2.25. The third-order valence-corrected chi connectivity index (χ3v) is 6.53. The van der Waals surface area contributed by atoms with Gasteiger partial charge in [0.2, 0.25) is 0 Å². The number of carbonyl (C=O) groups excluding carboxylic acids is 1. The molecule has 1 aromatic carbocycles. The molecule has 1 fully saturated rings. The number of rotatable bonds is 7. The first kappa shape index (κ1) is 18.2. The number of Topliss-reactive ketones (excluding diaryl/α,β-unsaturated/α-hetero) is 1. The van der Waals surface area contributed by atoms with Crippen molar-refractivity contribution in [3.05, 3.63) is 34.8 Å². The van der Waals surface area contributed by atoms with Crippen LogP contribution in [0.4, 0.5) is 0 Å². The van der Waals surface area contributed by atoms with Crippen LogP contribution in [0.3, 0.4) is 0 Å². The lowest BCUT2D eigenvalue weighted by Gasteiger charge is -2.27. The number of hydrogen-bond acceptors (Lipinski definition) is 4. The summed E-state index contributed by atoms with van der Waals surface area (Å²) in [5, 5.41) is 11.0. The van der Waals surface area contributed by atoms with Crippen molar-refractivity contribution >= 4 is 17.1 Å². The topological polar surface area (TPSA) is 42.9 Å². The fourth-order valence-electron chi connectivity index (χ4n) is 3.74. The van der Waals surface area contributed by atoms with Gasteiger partial charge in [-0.25, -0.2) is 0 Å². The zero-order valence-electron chi connectivity index (χ0n) is 15.3. The van der Waals surface area contributed by atoms with Gasteiger partial charge in [-0.1, -0.05) is 68.2 Å². The monoisotopic (exact) mass is 356 g/mol. The summed E-state index contributed by atoms with van der Waals surface area (Å²) in [6, 6.07) is 7.71. The minimum Gasteiger partial charge on any atom is -0.295 e. The largest absolute Gasteiger partial charge is 0.295 e. The van der Waals surface area contributed by atoms with E-state index in [1.54, 1.807) is 18.3 Å². The normalized spacial score (nSPS) is 20.6. The summed E-state index contributed by atoms with van der Waals surface area (Å²) in [4.78, 5) is 11.4. The maximum absolute atomic E-state index is 11.4. The quantitative estimate of drug-likeness (QED) is 0.434. The Kier molecular flexibility index (Phi) is 6.35. The van der Waals surface area contributed by atoms with E-state index in [0.717, 1.165) is 22.1 Å². The lowest BCUT2D eigenvalue weighted by molar-refractivity contribution is 0.101. The van der Waals surface area contributed by atoms with Gasteiger partial charge in [0.25, 0.3) is 0 Å². The molecule has 0 amide bonds. The van der Waals surface area contributed by atoms with Gasteiger partial charge in [-0.3, -0.25) is 4.79 Å². The van der Waals surface area contributed by atoms with E-state index in [1.165, 1.54) is 56.4 Å². The van der Waals surface area contributed by atoms with Gasteiger partial charge in [0, 0.05) is 17.0 Å². The van der Waals surface area contributed by atoms with Crippen molar-refractivity contribution in [2.45, 2.75) is 71.1 Å². The number of benzene rings is 1. The Bertz CT molecular complexity index is 684. The van der Waals surface area contributed by atoms with Crippen LogP contribution in [0.25, 0.3) is 10.6 Å². The van der Waals surface area contributed by atoms with Gasteiger partial charge >= 0.3 is 0 Å². The van der Waals surface area contributed by atoms with Crippen LogP contribution < -0.4 is 0 Å². The van der Waals surface area contributed by atoms with Gasteiger partial charge in [-0.15, -0.1) is 10.2 Å². The number of aromatic nitrogens is 2. The van der Waals surface area contributed by atoms with Gasteiger partial charge < -0.3 is 0 Å². The Balaban J connectivity index is 1.58. The Morgan fingerprint density at radius 1 is 1.08 bits per heavy atom. The van der Waals surface area contributed by atoms with Crippen molar-refractivity contribution in [3.63, 3.8) is 0 Å². The van der Waals surface area contributed by atoms with Crippen LogP contribution in [0.5, 0.6) is 0 Å². The molecule has 3 rings (SSSR count). The second-order valence-electron chi connectivity index (χ2n) is 7.29. The molecular weight excluding hydrogens is 328 g/mol. The number of ketones is 1. The Morgan fingerprint density at radius 2 is 1.80 bits per heavy atom. The fourth-order valence-corrected chi connectivity index (χ4v) is 4.76. The smallest absolute Gasteiger partial charge is 0.159 e. The fraction of sp³-hybridized carbons (Fsp3) is 0.571. The first-order valence-corrected chi connectivity index (χ1v) is 10.4. The molecule has 0 saturated heterocycles. The van der Waals surface area contributed by atoms with Gasteiger partial charge in [-0.05, 0) is 38.5 Å². The standard InChI is InChI=1S/C21H28N2OS/c1-3-4-5-6-16-7-9-18(10-8-16)20-22-23-21(25-20)19-13-11-17(12-14-19)15(2)24/h11-14,16,18H,3-10H2,1-2H3. The van der Waals surface area contributed by atoms with Gasteiger partial charge in [-0.2, -0.15) is 0 Å². The van der Waals surface area contributed by atoms with Crippen LogP contribution >= 0.6 is 11.3 Å². The maximum Gasteiger partial charge on any atom is 0.159 e. The van der Waals surface area contributed by atoms with Gasteiger partial charge in [0.05, 0.1) is 0 Å². The van der Waals surface area contributed by atoms with E-state index in [4.69, 9.17) is 0 Å². The van der Waals surface area contributed by atoms with Crippen LogP contribution in [0.1, 0.15) is 86.5 Å². The first-order valence-electron chi connectivity index (χ1n) is 9.62. The molecule has 25 heavy (non-hydrogen) atoms. The Labute approximate surface area is 154 Å². The van der Waals surface area contributed by atoms with E-state index >= 15 is 0 Å². The van der Waals surface area contributed by atoms with Crippen LogP contribution in [0.2, 0.25) is 0 Å². The van der Waals surface area contributed by atoms with Crippen molar-refractivity contribution in [3.8, 4) is 10.6 Å². The number of hydrogen-bond donors (Lipinski definition) is 0. The van der Waals surface area contributed by atoms with E-state index in [-0.39, 0.29) is 5.78 Å². The van der Waals surface area contributed by atoms with E-state index in [2.05, 4.69) is 17.1 Å². The molecule has 2 aromatic rings. The van der Waals surface area contributed by atoms with Crippen LogP contribution in [-0.2, 0) is 0 Å². The third-order valence-electron chi connectivity index (χ3n) is 5.39. The zero-order valence-corrected chi connectivity index (χ0v) is 16.1. The van der Waals surface area contributed by atoms with Crippen molar-refractivity contribution in [2.24, 2.45) is 5.92 Å². The summed E-state index contributed by atoms with van der Waals surface area (Å²) < 4.78 is 0. The average molecular weight is 357 g/mol. The second-order valence-corrected chi connectivity index (χ2v) is 8.30. The molecule has 0 aliphatic heterocycles. The van der Waals surface area contributed by atoms with Crippen molar-refractivity contribution in [1.29, 1.82) is 0 Å². The molecule has 1 saturated carbocycles. The highest BCUT2D eigenvalue weighted by molar-refractivity contribution is 7.14. The predicted octanol–water partition coefficient (Wildman–Crippen LogP) is 6.26. The molecule has 0 atom stereocenters. The van der Waals surface area contributed by atoms with E-state index < -0.39 is 0 Å². The molecule has 0 spiro atoms. The third kappa shape index (κ3) is 4.75. The van der Waals surface area contributed by atoms with Crippen molar-refractivity contribution in [1.82, 2.24) is 10.2 Å². The minimum absolute atomic E-state index is 0.0974. The molecule has 134 valence electrons. The first-order chi connectivity index (χ1) is 12.2. The molecule has 0 bridgehead atoms. The molecule has 1 heterocycles. The molecule has 0 radical (unpaired) electrons. The lowest BCUT2D eigenvalue weighted by atomic mass is 9.80. The second kappa shape index (κ2) is 8.70. The van der Waals surface area contributed by atoms with Crippen LogP contribution in [0, 0.1) is 5.92 Å². The van der Waals surface area contributed by atoms with Crippen molar-refractivity contribution in [2.75, 3.05) is 0 Å². The molecule has 0 N–H and O–H groups in total. The highest BCUT2D eigenvalue weighted by Crippen LogP contribution is 2.39. The SMILES string of the molecule is CCCCCC1CCC(c2nnc(-c3ccc(C(C)=O)cc3)s2)CC1. The van der Waals surface area contributed by atoms with Crippen molar-refractivity contribution < 1.29 is 4.79 Å². The van der Waals surface area contributed by atoms with E-state index in [1.807, 2.05) is 24.3 Å². The van der Waals surface area contributed by atoms with Gasteiger partial charge in [0.15, 0.2) is 5.78 Å². The summed E-state index contributed by atoms with van der Waals surface area (Å²) in [5.41, 5.74) is 1.80. The molecule has 1 aromatic heterocycles. The number of unbranched alkanes of at least 4 members (excludes halogenated alkanes) is 2. The summed E-state index contributed by atoms with van der Waals surface area (Å²) in [6.07, 6.45) is 10.7. The zero-order chi connectivity index (χ0) is 17.6. The van der Waals surface area contributed by atoms with Crippen LogP contribution in [-0.4, -0.2) is 16.0 Å². The van der Waals surface area contributed by atoms with Crippen LogP contribution in [0.15, 0.2) is 24.3 Å². The molecule has 3 nitrogen and oxygen atoms in total. The summed E-state index contributed by atoms with van der Waals surface area (Å²) in [7, 11) is 0. The summed E-state index contributed by atoms with van der Waals surface area (Å²) in [6.45, 7) is 3.87. The molecule has 1 aliphatic rings. The molecule has 1 aliphatic carbocycles. The Hall–Kier alpha value is -1.55. The van der Waals surface area contributed by atoms with E-state index in [0.29, 0.717) is 5.92 Å².